The van der Waals surface area contributed by atoms with Gasteiger partial charge in [0.15, 0.2) is 5.67 Å². The van der Waals surface area contributed by atoms with Crippen LogP contribution in [0.15, 0.2) is 34.6 Å². The second-order valence-electron chi connectivity index (χ2n) is 9.32. The first kappa shape index (κ1) is 23.0. The third kappa shape index (κ3) is 4.27. The molecule has 178 valence electrons. The lowest BCUT2D eigenvalue weighted by Crippen LogP contribution is -2.61. The molecule has 0 aliphatic carbocycles. The molecule has 3 saturated heterocycles. The number of hydrogen-bond acceptors (Lipinski definition) is 9. The molecule has 1 spiro atoms. The molecule has 3 aliphatic heterocycles. The minimum absolute atomic E-state index is 0.0738. The van der Waals surface area contributed by atoms with Crippen molar-refractivity contribution in [2.45, 2.75) is 47.5 Å². The van der Waals surface area contributed by atoms with Crippen molar-refractivity contribution in [3.8, 4) is 0 Å². The number of halogens is 2. The summed E-state index contributed by atoms with van der Waals surface area (Å²) in [4.78, 5) is 18.2. The highest BCUT2D eigenvalue weighted by Crippen LogP contribution is 2.42. The average Bonchev–Trinajstić information content (AvgIpc) is 3.08. The maximum Gasteiger partial charge on any atom is 0.168 e. The molecule has 3 fully saturated rings. The summed E-state index contributed by atoms with van der Waals surface area (Å²) < 4.78 is 19.9. The predicted molar refractivity (Wildman–Crippen MR) is 126 cm³/mol. The number of ether oxygens (including phenoxy) is 1. The molecule has 2 aromatic heterocycles. The Balaban J connectivity index is 1.22. The van der Waals surface area contributed by atoms with Crippen molar-refractivity contribution in [2.24, 2.45) is 11.1 Å². The quantitative estimate of drug-likeness (QED) is 0.649. The lowest BCUT2D eigenvalue weighted by Gasteiger charge is -2.44. The number of pyridine rings is 1. The number of hydrogen-bond donors (Lipinski definition) is 2. The van der Waals surface area contributed by atoms with Gasteiger partial charge in [-0.2, -0.15) is 0 Å². The van der Waals surface area contributed by atoms with Crippen LogP contribution in [0.4, 0.5) is 16.0 Å². The Morgan fingerprint density at radius 3 is 2.61 bits per heavy atom. The predicted octanol–water partition coefficient (Wildman–Crippen LogP) is 2.53. The molecule has 11 heteroatoms. The summed E-state index contributed by atoms with van der Waals surface area (Å²) >= 11 is 7.94. The van der Waals surface area contributed by atoms with E-state index in [1.807, 2.05) is 0 Å². The van der Waals surface area contributed by atoms with Crippen LogP contribution in [-0.2, 0) is 4.74 Å². The Morgan fingerprint density at radius 1 is 1.24 bits per heavy atom. The highest BCUT2D eigenvalue weighted by atomic mass is 35.5. The fourth-order valence-corrected chi connectivity index (χ4v) is 5.99. The Morgan fingerprint density at radius 2 is 2.00 bits per heavy atom. The monoisotopic (exact) mass is 494 g/mol. The molecule has 5 heterocycles. The van der Waals surface area contributed by atoms with Gasteiger partial charge in [-0.05, 0) is 25.8 Å². The average molecular weight is 495 g/mol. The molecule has 8 nitrogen and oxygen atoms in total. The van der Waals surface area contributed by atoms with Crippen LogP contribution in [0.1, 0.15) is 19.8 Å². The van der Waals surface area contributed by atoms with Gasteiger partial charge in [-0.1, -0.05) is 23.4 Å². The summed E-state index contributed by atoms with van der Waals surface area (Å²) in [5.74, 6) is 1.36. The molecule has 5 rings (SSSR count). The highest BCUT2D eigenvalue weighted by molar-refractivity contribution is 7.99. The zero-order chi connectivity index (χ0) is 23.2. The number of nitrogens with two attached hydrogens (primary N) is 1. The van der Waals surface area contributed by atoms with Crippen molar-refractivity contribution in [2.75, 3.05) is 49.2 Å². The van der Waals surface area contributed by atoms with Gasteiger partial charge in [0.2, 0.25) is 0 Å². The standard InChI is InChI=1S/C22H28ClFN6O2S/c1-14-19(25)21(13-32-14)3-6-29(7-4-21)16-8-28-17(9-27-16)33-15-2-5-26-20(18(15)23)30-10-22(24,11-30)12-31/h2,5,8-9,14,19,31H,3-4,6-7,10-13,25H2,1H3/t14-,19+/m0/s1. The number of aliphatic hydroxyl groups is 1. The largest absolute Gasteiger partial charge is 0.393 e. The molecule has 2 aromatic rings. The summed E-state index contributed by atoms with van der Waals surface area (Å²) in [5, 5.41) is 10.3. The van der Waals surface area contributed by atoms with E-state index in [-0.39, 0.29) is 30.7 Å². The molecule has 0 unspecified atom stereocenters. The van der Waals surface area contributed by atoms with E-state index in [9.17, 15) is 4.39 Å². The maximum absolute atomic E-state index is 14.1. The first-order valence-electron chi connectivity index (χ1n) is 11.1. The first-order valence-corrected chi connectivity index (χ1v) is 12.3. The maximum atomic E-state index is 14.1. The molecule has 0 saturated carbocycles. The minimum Gasteiger partial charge on any atom is -0.393 e. The summed E-state index contributed by atoms with van der Waals surface area (Å²) in [6.07, 6.45) is 7.26. The van der Waals surface area contributed by atoms with Crippen LogP contribution in [0.5, 0.6) is 0 Å². The number of piperidine rings is 1. The molecular formula is C22H28ClFN6O2S. The number of aliphatic hydroxyl groups excluding tert-OH is 1. The van der Waals surface area contributed by atoms with Crippen LogP contribution in [0.2, 0.25) is 5.02 Å². The van der Waals surface area contributed by atoms with Crippen LogP contribution in [0.25, 0.3) is 0 Å². The summed E-state index contributed by atoms with van der Waals surface area (Å²) in [6, 6.07) is 1.89. The molecule has 0 amide bonds. The van der Waals surface area contributed by atoms with Gasteiger partial charge in [0, 0.05) is 35.6 Å². The van der Waals surface area contributed by atoms with E-state index >= 15 is 0 Å². The zero-order valence-electron chi connectivity index (χ0n) is 18.5. The van der Waals surface area contributed by atoms with Gasteiger partial charge >= 0.3 is 0 Å². The van der Waals surface area contributed by atoms with Crippen molar-refractivity contribution < 1.29 is 14.2 Å². The lowest BCUT2D eigenvalue weighted by atomic mass is 9.73. The van der Waals surface area contributed by atoms with Crippen LogP contribution in [0, 0.1) is 5.41 Å². The molecule has 33 heavy (non-hydrogen) atoms. The topological polar surface area (TPSA) is 101 Å². The van der Waals surface area contributed by atoms with Crippen molar-refractivity contribution in [3.05, 3.63) is 29.7 Å². The second-order valence-corrected chi connectivity index (χ2v) is 10.8. The molecule has 0 radical (unpaired) electrons. The van der Waals surface area contributed by atoms with E-state index in [4.69, 9.17) is 27.2 Å². The minimum atomic E-state index is -1.59. The molecule has 0 aromatic carbocycles. The van der Waals surface area contributed by atoms with Gasteiger partial charge < -0.3 is 25.4 Å². The number of nitrogens with zero attached hydrogens (tertiary/aromatic N) is 5. The molecule has 3 N–H and O–H groups in total. The third-order valence-electron chi connectivity index (χ3n) is 7.13. The van der Waals surface area contributed by atoms with E-state index in [0.717, 1.165) is 43.3 Å². The fraction of sp³-hybridized carbons (Fsp3) is 0.591. The zero-order valence-corrected chi connectivity index (χ0v) is 20.0. The molecule has 2 atom stereocenters. The number of rotatable bonds is 5. The number of aromatic nitrogens is 3. The van der Waals surface area contributed by atoms with Crippen molar-refractivity contribution in [3.63, 3.8) is 0 Å². The second kappa shape index (κ2) is 8.81. The Labute approximate surface area is 201 Å². The van der Waals surface area contributed by atoms with Crippen LogP contribution in [-0.4, -0.2) is 77.3 Å². The Hall–Kier alpha value is -1.72. The summed E-state index contributed by atoms with van der Waals surface area (Å²) in [7, 11) is 0. The van der Waals surface area contributed by atoms with Gasteiger partial charge in [-0.3, -0.25) is 0 Å². The van der Waals surface area contributed by atoms with Gasteiger partial charge in [0.25, 0.3) is 0 Å². The van der Waals surface area contributed by atoms with Gasteiger partial charge in [0.05, 0.1) is 49.8 Å². The Bertz CT molecular complexity index is 1000. The van der Waals surface area contributed by atoms with E-state index < -0.39 is 12.3 Å². The molecule has 0 bridgehead atoms. The van der Waals surface area contributed by atoms with Crippen LogP contribution < -0.4 is 15.5 Å². The summed E-state index contributed by atoms with van der Waals surface area (Å²) in [6.45, 7) is 4.20. The lowest BCUT2D eigenvalue weighted by molar-refractivity contribution is 0.0440. The van der Waals surface area contributed by atoms with Gasteiger partial charge in [0.1, 0.15) is 16.7 Å². The SMILES string of the molecule is C[C@@H]1OCC2(CCN(c3cnc(Sc4ccnc(N5CC(F)(CO)C5)c4Cl)cn3)CC2)[C@@H]1N. The number of alkyl halides is 1. The summed E-state index contributed by atoms with van der Waals surface area (Å²) in [5.41, 5.74) is 4.91. The van der Waals surface area contributed by atoms with Crippen LogP contribution in [0.3, 0.4) is 0 Å². The van der Waals surface area contributed by atoms with E-state index in [2.05, 4.69) is 26.8 Å². The third-order valence-corrected chi connectivity index (χ3v) is 8.59. The normalized spacial score (nSPS) is 26.0. The van der Waals surface area contributed by atoms with Gasteiger partial charge in [-0.15, -0.1) is 0 Å². The highest BCUT2D eigenvalue weighted by Gasteiger charge is 2.47. The van der Waals surface area contributed by atoms with Gasteiger partial charge in [-0.25, -0.2) is 19.3 Å². The fourth-order valence-electron chi connectivity index (χ4n) is 4.89. The molecule has 3 aliphatic rings. The van der Waals surface area contributed by atoms with E-state index in [1.165, 1.54) is 11.8 Å². The van der Waals surface area contributed by atoms with E-state index in [0.29, 0.717) is 15.9 Å². The van der Waals surface area contributed by atoms with Crippen molar-refractivity contribution >= 4 is 35.0 Å². The number of anilines is 2. The van der Waals surface area contributed by atoms with Crippen molar-refractivity contribution in [1.82, 2.24) is 15.0 Å². The first-order chi connectivity index (χ1) is 15.8. The molecular weight excluding hydrogens is 467 g/mol. The van der Waals surface area contributed by atoms with E-state index in [1.54, 1.807) is 29.6 Å². The Kier molecular flexibility index (Phi) is 6.15. The van der Waals surface area contributed by atoms with Crippen LogP contribution >= 0.6 is 23.4 Å². The van der Waals surface area contributed by atoms with Crippen molar-refractivity contribution in [1.29, 1.82) is 0 Å². The smallest absolute Gasteiger partial charge is 0.168 e.